The Kier molecular flexibility index (Phi) is 4.31. The summed E-state index contributed by atoms with van der Waals surface area (Å²) >= 11 is 0. The van der Waals surface area contributed by atoms with Crippen LogP contribution >= 0.6 is 0 Å². The predicted octanol–water partition coefficient (Wildman–Crippen LogP) is 0.945. The molecule has 0 radical (unpaired) electrons. The van der Waals surface area contributed by atoms with Gasteiger partial charge in [0.15, 0.2) is 5.79 Å². The van der Waals surface area contributed by atoms with Gasteiger partial charge in [-0.2, -0.15) is 0 Å². The lowest BCUT2D eigenvalue weighted by molar-refractivity contribution is -0.147. The molecular weight excluding hydrogens is 244 g/mol. The fourth-order valence-electron chi connectivity index (χ4n) is 1.54. The average Bonchev–Trinajstić information content (AvgIpc) is 2.53. The number of carbonyl (C=O) groups is 2. The van der Waals surface area contributed by atoms with Crippen molar-refractivity contribution in [2.75, 3.05) is 6.61 Å². The van der Waals surface area contributed by atoms with Gasteiger partial charge < -0.3 is 24.4 Å². The van der Waals surface area contributed by atoms with Crippen molar-refractivity contribution in [2.24, 2.45) is 0 Å². The predicted molar refractivity (Wildman–Crippen MR) is 58.6 cm³/mol. The van der Waals surface area contributed by atoms with E-state index in [-0.39, 0.29) is 13.0 Å². The lowest BCUT2D eigenvalue weighted by Gasteiger charge is -2.17. The van der Waals surface area contributed by atoms with Crippen LogP contribution in [0.5, 0.6) is 0 Å². The van der Waals surface area contributed by atoms with Crippen molar-refractivity contribution in [1.29, 1.82) is 0 Å². The molecule has 7 nitrogen and oxygen atoms in total. The van der Waals surface area contributed by atoms with E-state index in [0.29, 0.717) is 0 Å². The van der Waals surface area contributed by atoms with Crippen molar-refractivity contribution in [1.82, 2.24) is 0 Å². The first kappa shape index (κ1) is 14.5. The highest BCUT2D eigenvalue weighted by Crippen LogP contribution is 2.26. The number of ether oxygens (including phenoxy) is 3. The summed E-state index contributed by atoms with van der Waals surface area (Å²) in [5.41, 5.74) is 0. The summed E-state index contributed by atoms with van der Waals surface area (Å²) < 4.78 is 15.1. The molecule has 0 aromatic carbocycles. The topological polar surface area (TPSA) is 102 Å². The Hall–Kier alpha value is -1.60. The van der Waals surface area contributed by atoms with Crippen LogP contribution < -0.4 is 0 Å². The van der Waals surface area contributed by atoms with Gasteiger partial charge in [-0.3, -0.25) is 4.79 Å². The molecule has 2 N–H and O–H groups in total. The van der Waals surface area contributed by atoms with Gasteiger partial charge in [0.1, 0.15) is 5.76 Å². The van der Waals surface area contributed by atoms with Crippen LogP contribution in [0.25, 0.3) is 0 Å². The second kappa shape index (κ2) is 5.36. The molecule has 0 saturated carbocycles. The normalized spacial score (nSPS) is 23.4. The summed E-state index contributed by atoms with van der Waals surface area (Å²) in [6.07, 6.45) is -0.580. The van der Waals surface area contributed by atoms with Crippen LogP contribution in [0.15, 0.2) is 11.5 Å². The zero-order chi connectivity index (χ0) is 13.9. The van der Waals surface area contributed by atoms with E-state index >= 15 is 0 Å². The quantitative estimate of drug-likeness (QED) is 0.440. The number of esters is 1. The molecule has 0 aromatic rings. The molecule has 0 aliphatic carbocycles. The van der Waals surface area contributed by atoms with Crippen LogP contribution in [0.1, 0.15) is 27.2 Å². The first-order valence-electron chi connectivity index (χ1n) is 5.37. The van der Waals surface area contributed by atoms with E-state index in [1.807, 2.05) is 0 Å². The minimum absolute atomic E-state index is 0.0989. The summed E-state index contributed by atoms with van der Waals surface area (Å²) in [6.45, 7) is 4.69. The molecule has 1 fully saturated rings. The molecule has 1 rings (SSSR count). The molecule has 18 heavy (non-hydrogen) atoms. The van der Waals surface area contributed by atoms with E-state index in [1.54, 1.807) is 13.8 Å². The summed E-state index contributed by atoms with van der Waals surface area (Å²) in [5.74, 6) is -4.43. The highest BCUT2D eigenvalue weighted by Gasteiger charge is 2.34. The molecule has 102 valence electrons. The van der Waals surface area contributed by atoms with Gasteiger partial charge in [0.2, 0.25) is 0 Å². The zero-order valence-corrected chi connectivity index (χ0v) is 10.4. The van der Waals surface area contributed by atoms with Crippen LogP contribution in [-0.2, 0) is 23.8 Å². The first-order valence-corrected chi connectivity index (χ1v) is 5.37. The second-order valence-corrected chi connectivity index (χ2v) is 4.33. The summed E-state index contributed by atoms with van der Waals surface area (Å²) in [4.78, 5) is 21.5. The number of carboxylic acids is 1. The number of aliphatic carboxylic acids is 1. The summed E-state index contributed by atoms with van der Waals surface area (Å²) in [5, 5.41) is 18.4. The monoisotopic (exact) mass is 260 g/mol. The van der Waals surface area contributed by atoms with Crippen molar-refractivity contribution < 1.29 is 34.0 Å². The Labute approximate surface area is 104 Å². The third-order valence-corrected chi connectivity index (χ3v) is 2.19. The molecule has 0 unspecified atom stereocenters. The third kappa shape index (κ3) is 4.01. The number of aliphatic hydroxyl groups excluding tert-OH is 1. The van der Waals surface area contributed by atoms with Crippen molar-refractivity contribution in [2.45, 2.75) is 39.1 Å². The fourth-order valence-corrected chi connectivity index (χ4v) is 1.54. The van der Waals surface area contributed by atoms with E-state index in [0.717, 1.165) is 6.92 Å². The maximum atomic E-state index is 10.8. The largest absolute Gasteiger partial charge is 0.508 e. The first-order chi connectivity index (χ1) is 8.21. The minimum Gasteiger partial charge on any atom is -0.508 e. The Bertz CT molecular complexity index is 383. The molecule has 1 heterocycles. The van der Waals surface area contributed by atoms with Gasteiger partial charge in [-0.1, -0.05) is 0 Å². The van der Waals surface area contributed by atoms with Crippen molar-refractivity contribution >= 4 is 11.9 Å². The maximum absolute atomic E-state index is 10.8. The highest BCUT2D eigenvalue weighted by molar-refractivity contribution is 5.88. The molecule has 1 saturated heterocycles. The molecule has 1 aliphatic heterocycles. The zero-order valence-electron chi connectivity index (χ0n) is 10.4. The second-order valence-electron chi connectivity index (χ2n) is 4.33. The van der Waals surface area contributed by atoms with E-state index in [2.05, 4.69) is 4.74 Å². The standard InChI is InChI=1S/C11H16O7/c1-6(12)17-9(10(14)15)8(13)4-7-5-16-11(2,3)18-7/h7,13H,4-5H2,1-3H3,(H,14,15)/b9-8-/t7-/m1/s1. The number of carboxylic acid groups (broad SMARTS) is 1. The van der Waals surface area contributed by atoms with Gasteiger partial charge in [0, 0.05) is 13.3 Å². The molecule has 7 heteroatoms. The Morgan fingerprint density at radius 3 is 2.39 bits per heavy atom. The van der Waals surface area contributed by atoms with Crippen LogP contribution in [-0.4, -0.2) is 40.6 Å². The lowest BCUT2D eigenvalue weighted by atomic mass is 10.2. The molecule has 1 atom stereocenters. The Morgan fingerprint density at radius 1 is 1.39 bits per heavy atom. The summed E-state index contributed by atoms with van der Waals surface area (Å²) in [6, 6.07) is 0. The van der Waals surface area contributed by atoms with Crippen LogP contribution in [0.3, 0.4) is 0 Å². The minimum atomic E-state index is -1.51. The van der Waals surface area contributed by atoms with Gasteiger partial charge in [0.05, 0.1) is 12.7 Å². The number of aliphatic hydroxyl groups is 1. The molecule has 0 bridgehead atoms. The maximum Gasteiger partial charge on any atom is 0.375 e. The Morgan fingerprint density at radius 2 is 2.00 bits per heavy atom. The van der Waals surface area contributed by atoms with Crippen LogP contribution in [0.2, 0.25) is 0 Å². The van der Waals surface area contributed by atoms with E-state index in [9.17, 15) is 14.7 Å². The van der Waals surface area contributed by atoms with Gasteiger partial charge >= 0.3 is 11.9 Å². The number of rotatable bonds is 4. The number of hydrogen-bond donors (Lipinski definition) is 2. The van der Waals surface area contributed by atoms with Crippen molar-refractivity contribution in [3.63, 3.8) is 0 Å². The molecule has 1 aliphatic rings. The van der Waals surface area contributed by atoms with Gasteiger partial charge in [-0.25, -0.2) is 4.79 Å². The fraction of sp³-hybridized carbons (Fsp3) is 0.636. The molecular formula is C11H16O7. The molecule has 0 amide bonds. The highest BCUT2D eigenvalue weighted by atomic mass is 16.7. The van der Waals surface area contributed by atoms with E-state index in [1.165, 1.54) is 0 Å². The smallest absolute Gasteiger partial charge is 0.375 e. The van der Waals surface area contributed by atoms with Gasteiger partial charge in [-0.15, -0.1) is 0 Å². The average molecular weight is 260 g/mol. The number of carbonyl (C=O) groups excluding carboxylic acids is 1. The summed E-state index contributed by atoms with van der Waals surface area (Å²) in [7, 11) is 0. The van der Waals surface area contributed by atoms with Crippen LogP contribution in [0.4, 0.5) is 0 Å². The van der Waals surface area contributed by atoms with Crippen molar-refractivity contribution in [3.8, 4) is 0 Å². The third-order valence-electron chi connectivity index (χ3n) is 2.19. The number of hydrogen-bond acceptors (Lipinski definition) is 6. The van der Waals surface area contributed by atoms with Gasteiger partial charge in [-0.05, 0) is 13.8 Å². The Balaban J connectivity index is 2.74. The van der Waals surface area contributed by atoms with Gasteiger partial charge in [0.25, 0.3) is 5.76 Å². The lowest BCUT2D eigenvalue weighted by Crippen LogP contribution is -2.22. The van der Waals surface area contributed by atoms with E-state index in [4.69, 9.17) is 14.6 Å². The van der Waals surface area contributed by atoms with Crippen LogP contribution in [0, 0.1) is 0 Å². The van der Waals surface area contributed by atoms with E-state index < -0.39 is 35.3 Å². The van der Waals surface area contributed by atoms with Crippen molar-refractivity contribution in [3.05, 3.63) is 11.5 Å². The SMILES string of the molecule is CC(=O)O/C(C(=O)O)=C(\O)C[C@@H]1COC(C)(C)O1. The molecule has 0 spiro atoms. The molecule has 0 aromatic heterocycles.